The number of aliphatic carboxylic acids is 1. The van der Waals surface area contributed by atoms with Crippen LogP contribution >= 0.6 is 0 Å². The fourth-order valence-electron chi connectivity index (χ4n) is 2.38. The van der Waals surface area contributed by atoms with Crippen molar-refractivity contribution in [2.45, 2.75) is 50.9 Å². The molecule has 0 aromatic rings. The molecule has 1 amide bonds. The minimum absolute atomic E-state index is 0.281. The van der Waals surface area contributed by atoms with Gasteiger partial charge < -0.3 is 14.6 Å². The molecule has 2 unspecified atom stereocenters. The molecule has 2 fully saturated rings. The number of carboxylic acids is 1. The number of hydrogen-bond acceptors (Lipinski definition) is 4. The largest absolute Gasteiger partial charge is 0.479 e. The lowest BCUT2D eigenvalue weighted by Gasteiger charge is -2.49. The van der Waals surface area contributed by atoms with E-state index in [9.17, 15) is 9.59 Å². The van der Waals surface area contributed by atoms with E-state index in [4.69, 9.17) is 14.6 Å². The van der Waals surface area contributed by atoms with E-state index in [1.54, 1.807) is 4.90 Å². The van der Waals surface area contributed by atoms with Gasteiger partial charge in [-0.15, -0.1) is 0 Å². The molecule has 6 heteroatoms. The van der Waals surface area contributed by atoms with Crippen LogP contribution < -0.4 is 0 Å². The van der Waals surface area contributed by atoms with E-state index in [1.807, 2.05) is 20.8 Å². The summed E-state index contributed by atoms with van der Waals surface area (Å²) < 4.78 is 10.5. The highest BCUT2D eigenvalue weighted by molar-refractivity contribution is 5.74. The van der Waals surface area contributed by atoms with Crippen molar-refractivity contribution in [3.8, 4) is 0 Å². The van der Waals surface area contributed by atoms with E-state index in [2.05, 4.69) is 0 Å². The van der Waals surface area contributed by atoms with Crippen molar-refractivity contribution < 1.29 is 24.2 Å². The predicted octanol–water partition coefficient (Wildman–Crippen LogP) is 1.24. The van der Waals surface area contributed by atoms with Crippen molar-refractivity contribution in [2.24, 2.45) is 0 Å². The Hall–Kier alpha value is -1.30. The van der Waals surface area contributed by atoms with Crippen LogP contribution in [0.15, 0.2) is 0 Å². The Morgan fingerprint density at radius 2 is 2.11 bits per heavy atom. The average Bonchev–Trinajstić information content (AvgIpc) is 2.58. The molecular weight excluding hydrogens is 238 g/mol. The molecule has 2 atom stereocenters. The van der Waals surface area contributed by atoms with Gasteiger partial charge in [-0.2, -0.15) is 0 Å². The number of nitrogens with zero attached hydrogens (tertiary/aromatic N) is 1. The van der Waals surface area contributed by atoms with Gasteiger partial charge in [0.05, 0.1) is 12.1 Å². The second kappa shape index (κ2) is 4.12. The molecule has 0 radical (unpaired) electrons. The first kappa shape index (κ1) is 13.1. The molecular formula is C12H19NO5. The Bertz CT molecular complexity index is 375. The Morgan fingerprint density at radius 1 is 1.44 bits per heavy atom. The molecule has 1 spiro atoms. The maximum Gasteiger partial charge on any atom is 0.410 e. The van der Waals surface area contributed by atoms with Crippen molar-refractivity contribution in [3.63, 3.8) is 0 Å². The lowest BCUT2D eigenvalue weighted by molar-refractivity contribution is -0.147. The van der Waals surface area contributed by atoms with Gasteiger partial charge in [0.2, 0.25) is 0 Å². The monoisotopic (exact) mass is 257 g/mol. The molecule has 1 N–H and O–H groups in total. The van der Waals surface area contributed by atoms with E-state index in [0.717, 1.165) is 6.42 Å². The molecule has 0 aromatic carbocycles. The summed E-state index contributed by atoms with van der Waals surface area (Å²) in [7, 11) is 0. The predicted molar refractivity (Wildman–Crippen MR) is 62.3 cm³/mol. The SMILES string of the molecule is CC(C)(C)OC(=O)N1CCC12COC(C(=O)O)C2. The molecule has 2 rings (SSSR count). The number of hydrogen-bond donors (Lipinski definition) is 1. The highest BCUT2D eigenvalue weighted by atomic mass is 16.6. The van der Waals surface area contributed by atoms with Crippen molar-refractivity contribution in [1.82, 2.24) is 4.90 Å². The lowest BCUT2D eigenvalue weighted by atomic mass is 9.83. The van der Waals surface area contributed by atoms with Gasteiger partial charge in [0, 0.05) is 13.0 Å². The standard InChI is InChI=1S/C12H19NO5/c1-11(2,3)18-10(16)13-5-4-12(13)6-8(9(14)15)17-7-12/h8H,4-7H2,1-3H3,(H,14,15). The van der Waals surface area contributed by atoms with Crippen LogP contribution in [0.25, 0.3) is 0 Å². The maximum atomic E-state index is 12.0. The third-order valence-corrected chi connectivity index (χ3v) is 3.38. The van der Waals surface area contributed by atoms with Crippen LogP contribution in [0.4, 0.5) is 4.79 Å². The van der Waals surface area contributed by atoms with Gasteiger partial charge in [0.15, 0.2) is 6.10 Å². The van der Waals surface area contributed by atoms with Crippen LogP contribution in [0.3, 0.4) is 0 Å². The molecule has 18 heavy (non-hydrogen) atoms. The molecule has 0 bridgehead atoms. The van der Waals surface area contributed by atoms with Gasteiger partial charge in [-0.05, 0) is 27.2 Å². The normalized spacial score (nSPS) is 31.3. The van der Waals surface area contributed by atoms with E-state index in [1.165, 1.54) is 0 Å². The summed E-state index contributed by atoms with van der Waals surface area (Å²) in [6, 6.07) is 0. The summed E-state index contributed by atoms with van der Waals surface area (Å²) in [5.41, 5.74) is -1.01. The molecule has 102 valence electrons. The molecule has 0 aliphatic carbocycles. The fraction of sp³-hybridized carbons (Fsp3) is 0.833. The molecule has 0 aromatic heterocycles. The highest BCUT2D eigenvalue weighted by Gasteiger charge is 2.55. The van der Waals surface area contributed by atoms with Crippen molar-refractivity contribution in [3.05, 3.63) is 0 Å². The second-order valence-corrected chi connectivity index (χ2v) is 5.95. The van der Waals surface area contributed by atoms with Gasteiger partial charge in [0.25, 0.3) is 0 Å². The van der Waals surface area contributed by atoms with E-state index >= 15 is 0 Å². The quantitative estimate of drug-likeness (QED) is 0.764. The number of carboxylic acid groups (broad SMARTS) is 1. The average molecular weight is 257 g/mol. The van der Waals surface area contributed by atoms with Crippen LogP contribution in [-0.4, -0.2) is 52.5 Å². The number of carbonyl (C=O) groups is 2. The topological polar surface area (TPSA) is 76.1 Å². The minimum Gasteiger partial charge on any atom is -0.479 e. The number of likely N-dealkylation sites (tertiary alicyclic amines) is 1. The van der Waals surface area contributed by atoms with E-state index in [0.29, 0.717) is 13.0 Å². The van der Waals surface area contributed by atoms with Gasteiger partial charge in [-0.1, -0.05) is 0 Å². The summed E-state index contributed by atoms with van der Waals surface area (Å²) in [5, 5.41) is 8.92. The van der Waals surface area contributed by atoms with Crippen molar-refractivity contribution in [1.29, 1.82) is 0 Å². The van der Waals surface area contributed by atoms with Crippen LogP contribution in [0, 0.1) is 0 Å². The third kappa shape index (κ3) is 2.29. The van der Waals surface area contributed by atoms with Crippen molar-refractivity contribution >= 4 is 12.1 Å². The fourth-order valence-corrected chi connectivity index (χ4v) is 2.38. The van der Waals surface area contributed by atoms with Crippen LogP contribution in [-0.2, 0) is 14.3 Å². The Kier molecular flexibility index (Phi) is 3.01. The first-order valence-electron chi connectivity index (χ1n) is 6.09. The molecule has 2 aliphatic heterocycles. The Labute approximate surface area is 106 Å². The zero-order chi connectivity index (χ0) is 13.6. The van der Waals surface area contributed by atoms with Gasteiger partial charge in [-0.25, -0.2) is 9.59 Å². The molecule has 6 nitrogen and oxygen atoms in total. The molecule has 2 saturated heterocycles. The van der Waals surface area contributed by atoms with Crippen LogP contribution in [0.2, 0.25) is 0 Å². The maximum absolute atomic E-state index is 12.0. The number of carbonyl (C=O) groups excluding carboxylic acids is 1. The number of ether oxygens (including phenoxy) is 2. The molecule has 0 saturated carbocycles. The van der Waals surface area contributed by atoms with E-state index in [-0.39, 0.29) is 12.7 Å². The Balaban J connectivity index is 2.00. The van der Waals surface area contributed by atoms with Crippen LogP contribution in [0.1, 0.15) is 33.6 Å². The summed E-state index contributed by atoms with van der Waals surface area (Å²) in [5.74, 6) is -0.970. The molecule has 2 aliphatic rings. The zero-order valence-electron chi connectivity index (χ0n) is 10.9. The first-order valence-corrected chi connectivity index (χ1v) is 6.09. The van der Waals surface area contributed by atoms with Gasteiger partial charge >= 0.3 is 12.1 Å². The number of amides is 1. The second-order valence-electron chi connectivity index (χ2n) is 5.95. The first-order chi connectivity index (χ1) is 8.23. The van der Waals surface area contributed by atoms with E-state index < -0.39 is 23.2 Å². The number of rotatable bonds is 1. The summed E-state index contributed by atoms with van der Waals surface area (Å²) in [6.07, 6.45) is -0.0731. The summed E-state index contributed by atoms with van der Waals surface area (Å²) in [6.45, 7) is 6.31. The van der Waals surface area contributed by atoms with Crippen molar-refractivity contribution in [2.75, 3.05) is 13.2 Å². The smallest absolute Gasteiger partial charge is 0.410 e. The minimum atomic E-state index is -0.970. The van der Waals surface area contributed by atoms with Gasteiger partial charge in [-0.3, -0.25) is 4.90 Å². The third-order valence-electron chi connectivity index (χ3n) is 3.38. The molecule has 2 heterocycles. The highest BCUT2D eigenvalue weighted by Crippen LogP contribution is 2.41. The summed E-state index contributed by atoms with van der Waals surface area (Å²) >= 11 is 0. The summed E-state index contributed by atoms with van der Waals surface area (Å²) in [4.78, 5) is 24.5. The zero-order valence-corrected chi connectivity index (χ0v) is 10.9. The van der Waals surface area contributed by atoms with Crippen LogP contribution in [0.5, 0.6) is 0 Å². The lowest BCUT2D eigenvalue weighted by Crippen LogP contribution is -2.63. The Morgan fingerprint density at radius 3 is 2.50 bits per heavy atom. The van der Waals surface area contributed by atoms with Gasteiger partial charge in [0.1, 0.15) is 5.60 Å².